The summed E-state index contributed by atoms with van der Waals surface area (Å²) in [7, 11) is 3.13. The van der Waals surface area contributed by atoms with Gasteiger partial charge in [0.05, 0.1) is 31.2 Å². The first kappa shape index (κ1) is 19.7. The maximum absolute atomic E-state index is 12.3. The fraction of sp³-hybridized carbons (Fsp3) is 0.105. The van der Waals surface area contributed by atoms with Crippen molar-refractivity contribution in [3.8, 4) is 22.8 Å². The van der Waals surface area contributed by atoms with Crippen molar-refractivity contribution in [2.45, 2.75) is 0 Å². The minimum absolute atomic E-state index is 0.235. The standard InChI is InChI=1S/C19H16Cl2N4O3/c1-27-13-5-6-18(28-2)14(8-13)16-9-17(24-23-16)19(26)25-22-10-11-3-4-12(20)7-15(11)21/h3-10H,1-2H3,(H,23,24)(H,25,26). The highest BCUT2D eigenvalue weighted by Crippen LogP contribution is 2.32. The number of hydrazone groups is 1. The van der Waals surface area contributed by atoms with Crippen molar-refractivity contribution >= 4 is 35.3 Å². The lowest BCUT2D eigenvalue weighted by atomic mass is 10.1. The van der Waals surface area contributed by atoms with Gasteiger partial charge < -0.3 is 9.47 Å². The second-order valence-corrected chi connectivity index (χ2v) is 6.44. The van der Waals surface area contributed by atoms with Crippen LogP contribution in [0.25, 0.3) is 11.3 Å². The van der Waals surface area contributed by atoms with E-state index >= 15 is 0 Å². The van der Waals surface area contributed by atoms with Crippen LogP contribution < -0.4 is 14.9 Å². The molecule has 0 saturated heterocycles. The van der Waals surface area contributed by atoms with Crippen LogP contribution in [0.4, 0.5) is 0 Å². The van der Waals surface area contributed by atoms with Gasteiger partial charge in [0.1, 0.15) is 17.2 Å². The normalized spacial score (nSPS) is 10.9. The predicted molar refractivity (Wildman–Crippen MR) is 109 cm³/mol. The van der Waals surface area contributed by atoms with Gasteiger partial charge in [0.25, 0.3) is 5.91 Å². The van der Waals surface area contributed by atoms with Crippen LogP contribution in [-0.4, -0.2) is 36.5 Å². The first-order valence-corrected chi connectivity index (χ1v) is 8.83. The molecular weight excluding hydrogens is 403 g/mol. The average molecular weight is 419 g/mol. The van der Waals surface area contributed by atoms with Gasteiger partial charge in [-0.1, -0.05) is 29.3 Å². The zero-order valence-corrected chi connectivity index (χ0v) is 16.5. The molecule has 0 saturated carbocycles. The van der Waals surface area contributed by atoms with Gasteiger partial charge in [0.15, 0.2) is 0 Å². The molecular formula is C19H16Cl2N4O3. The number of amides is 1. The summed E-state index contributed by atoms with van der Waals surface area (Å²) in [6.07, 6.45) is 1.43. The molecule has 0 bridgehead atoms. The fourth-order valence-electron chi connectivity index (χ4n) is 2.42. The summed E-state index contributed by atoms with van der Waals surface area (Å²) in [4.78, 5) is 12.3. The van der Waals surface area contributed by atoms with E-state index in [4.69, 9.17) is 32.7 Å². The third kappa shape index (κ3) is 4.44. The molecule has 1 heterocycles. The molecule has 2 N–H and O–H groups in total. The number of nitrogens with one attached hydrogen (secondary N) is 2. The molecule has 0 atom stereocenters. The Balaban J connectivity index is 1.75. The number of ether oxygens (including phenoxy) is 2. The predicted octanol–water partition coefficient (Wildman–Crippen LogP) is 4.16. The van der Waals surface area contributed by atoms with E-state index in [0.29, 0.717) is 38.4 Å². The summed E-state index contributed by atoms with van der Waals surface area (Å²) in [6, 6.07) is 11.9. The van der Waals surface area contributed by atoms with Crippen molar-refractivity contribution in [2.24, 2.45) is 5.10 Å². The SMILES string of the molecule is COc1ccc(OC)c(-c2cc(C(=O)NN=Cc3ccc(Cl)cc3Cl)[nH]n2)c1. The number of carbonyl (C=O) groups is 1. The smallest absolute Gasteiger partial charge is 0.289 e. The Bertz CT molecular complexity index is 1030. The van der Waals surface area contributed by atoms with Crippen molar-refractivity contribution in [3.63, 3.8) is 0 Å². The summed E-state index contributed by atoms with van der Waals surface area (Å²) in [5.41, 5.74) is 4.50. The molecule has 0 aliphatic rings. The molecule has 0 spiro atoms. The molecule has 144 valence electrons. The molecule has 1 aromatic heterocycles. The minimum atomic E-state index is -0.457. The Hall–Kier alpha value is -3.03. The van der Waals surface area contributed by atoms with Gasteiger partial charge >= 0.3 is 0 Å². The number of benzene rings is 2. The van der Waals surface area contributed by atoms with E-state index < -0.39 is 5.91 Å². The Kier molecular flexibility index (Phi) is 6.18. The molecule has 2 aromatic carbocycles. The Morgan fingerprint density at radius 3 is 2.68 bits per heavy atom. The van der Waals surface area contributed by atoms with Gasteiger partial charge in [-0.15, -0.1) is 0 Å². The Labute approximate surface area is 171 Å². The van der Waals surface area contributed by atoms with E-state index in [1.165, 1.54) is 6.21 Å². The average Bonchev–Trinajstić information content (AvgIpc) is 3.19. The van der Waals surface area contributed by atoms with Gasteiger partial charge in [-0.25, -0.2) is 5.43 Å². The molecule has 0 aliphatic carbocycles. The first-order chi connectivity index (χ1) is 13.5. The number of hydrogen-bond donors (Lipinski definition) is 2. The van der Waals surface area contributed by atoms with E-state index in [-0.39, 0.29) is 5.69 Å². The molecule has 3 aromatic rings. The summed E-state index contributed by atoms with van der Waals surface area (Å²) < 4.78 is 10.6. The lowest BCUT2D eigenvalue weighted by Gasteiger charge is -2.08. The number of halogens is 2. The van der Waals surface area contributed by atoms with Gasteiger partial charge in [-0.05, 0) is 36.4 Å². The molecule has 1 amide bonds. The molecule has 28 heavy (non-hydrogen) atoms. The summed E-state index contributed by atoms with van der Waals surface area (Å²) in [5.74, 6) is 0.797. The first-order valence-electron chi connectivity index (χ1n) is 8.08. The second kappa shape index (κ2) is 8.77. The monoisotopic (exact) mass is 418 g/mol. The van der Waals surface area contributed by atoms with Crippen molar-refractivity contribution in [1.29, 1.82) is 0 Å². The highest BCUT2D eigenvalue weighted by atomic mass is 35.5. The van der Waals surface area contributed by atoms with Crippen molar-refractivity contribution in [1.82, 2.24) is 15.6 Å². The highest BCUT2D eigenvalue weighted by Gasteiger charge is 2.14. The van der Waals surface area contributed by atoms with E-state index in [9.17, 15) is 4.79 Å². The zero-order valence-electron chi connectivity index (χ0n) is 15.0. The number of nitrogens with zero attached hydrogens (tertiary/aromatic N) is 2. The fourth-order valence-corrected chi connectivity index (χ4v) is 2.87. The zero-order chi connectivity index (χ0) is 20.1. The number of H-pyrrole nitrogens is 1. The number of hydrogen-bond acceptors (Lipinski definition) is 5. The van der Waals surface area contributed by atoms with Gasteiger partial charge in [0.2, 0.25) is 0 Å². The van der Waals surface area contributed by atoms with E-state index in [1.807, 2.05) is 0 Å². The Morgan fingerprint density at radius 2 is 1.96 bits per heavy atom. The van der Waals surface area contributed by atoms with Crippen LogP contribution in [0.15, 0.2) is 47.6 Å². The molecule has 9 heteroatoms. The Morgan fingerprint density at radius 1 is 1.14 bits per heavy atom. The van der Waals surface area contributed by atoms with Gasteiger partial charge in [-0.3, -0.25) is 9.89 Å². The maximum Gasteiger partial charge on any atom is 0.289 e. The third-order valence-corrected chi connectivity index (χ3v) is 4.40. The second-order valence-electron chi connectivity index (χ2n) is 5.60. The van der Waals surface area contributed by atoms with E-state index in [1.54, 1.807) is 56.7 Å². The third-order valence-electron chi connectivity index (χ3n) is 3.84. The van der Waals surface area contributed by atoms with Crippen LogP contribution >= 0.6 is 23.2 Å². The van der Waals surface area contributed by atoms with Crippen LogP contribution in [-0.2, 0) is 0 Å². The number of aromatic nitrogens is 2. The van der Waals surface area contributed by atoms with Crippen LogP contribution in [0.5, 0.6) is 11.5 Å². The van der Waals surface area contributed by atoms with Crippen molar-refractivity contribution < 1.29 is 14.3 Å². The molecule has 3 rings (SSSR count). The quantitative estimate of drug-likeness (QED) is 0.464. The lowest BCUT2D eigenvalue weighted by molar-refractivity contribution is 0.0950. The summed E-state index contributed by atoms with van der Waals surface area (Å²) in [5, 5.41) is 11.7. The lowest BCUT2D eigenvalue weighted by Crippen LogP contribution is -2.18. The molecule has 0 fully saturated rings. The number of aromatic amines is 1. The molecule has 7 nitrogen and oxygen atoms in total. The van der Waals surface area contributed by atoms with Gasteiger partial charge in [-0.2, -0.15) is 10.2 Å². The maximum atomic E-state index is 12.3. The summed E-state index contributed by atoms with van der Waals surface area (Å²) in [6.45, 7) is 0. The summed E-state index contributed by atoms with van der Waals surface area (Å²) >= 11 is 11.9. The van der Waals surface area contributed by atoms with E-state index in [0.717, 1.165) is 0 Å². The van der Waals surface area contributed by atoms with Crippen LogP contribution in [0.2, 0.25) is 10.0 Å². The van der Waals surface area contributed by atoms with Crippen LogP contribution in [0, 0.1) is 0 Å². The van der Waals surface area contributed by atoms with Crippen LogP contribution in [0.3, 0.4) is 0 Å². The molecule has 0 unspecified atom stereocenters. The van der Waals surface area contributed by atoms with Gasteiger partial charge in [0, 0.05) is 16.1 Å². The number of rotatable bonds is 6. The van der Waals surface area contributed by atoms with E-state index in [2.05, 4.69) is 20.7 Å². The van der Waals surface area contributed by atoms with Crippen LogP contribution in [0.1, 0.15) is 16.1 Å². The molecule has 0 radical (unpaired) electrons. The highest BCUT2D eigenvalue weighted by molar-refractivity contribution is 6.36. The number of carbonyl (C=O) groups excluding carboxylic acids is 1. The van der Waals surface area contributed by atoms with Crippen molar-refractivity contribution in [2.75, 3.05) is 14.2 Å². The molecule has 0 aliphatic heterocycles. The minimum Gasteiger partial charge on any atom is -0.497 e. The number of methoxy groups -OCH3 is 2. The van der Waals surface area contributed by atoms with Crippen molar-refractivity contribution in [3.05, 3.63) is 63.8 Å². The topological polar surface area (TPSA) is 88.6 Å². The largest absolute Gasteiger partial charge is 0.497 e.